The number of amides is 1. The third kappa shape index (κ3) is 10.0. The summed E-state index contributed by atoms with van der Waals surface area (Å²) >= 11 is 1.59. The number of carbonyl (C=O) groups excluding carboxylic acids is 2. The molecule has 0 bridgehead atoms. The molecule has 0 saturated heterocycles. The fourth-order valence-corrected chi connectivity index (χ4v) is 5.64. The number of aliphatic hydroxyl groups is 1. The number of fused-ring (bicyclic) bond motifs is 1. The zero-order chi connectivity index (χ0) is 30.7. The molecule has 2 N–H and O–H groups in total. The predicted molar refractivity (Wildman–Crippen MR) is 170 cm³/mol. The van der Waals surface area contributed by atoms with E-state index in [0.717, 1.165) is 73.6 Å². The molecule has 0 aliphatic carbocycles. The van der Waals surface area contributed by atoms with Crippen molar-refractivity contribution in [2.45, 2.75) is 84.3 Å². The van der Waals surface area contributed by atoms with Crippen LogP contribution in [0.25, 0.3) is 11.0 Å². The van der Waals surface area contributed by atoms with Crippen LogP contribution in [0.5, 0.6) is 0 Å². The maximum Gasteiger partial charge on any atom is 0.303 e. The Labute approximate surface area is 254 Å². The number of benzene rings is 2. The Balaban J connectivity index is 1.69. The molecule has 1 unspecified atom stereocenters. The van der Waals surface area contributed by atoms with Crippen molar-refractivity contribution in [2.24, 2.45) is 5.92 Å². The van der Waals surface area contributed by atoms with Gasteiger partial charge in [-0.1, -0.05) is 6.92 Å². The van der Waals surface area contributed by atoms with Crippen molar-refractivity contribution >= 4 is 46.2 Å². The van der Waals surface area contributed by atoms with Crippen molar-refractivity contribution in [3.63, 3.8) is 0 Å². The molecule has 3 aromatic rings. The second-order valence-corrected chi connectivity index (χ2v) is 12.1. The number of hydrogen-bond donors (Lipinski definition) is 2. The van der Waals surface area contributed by atoms with Crippen LogP contribution in [0.1, 0.15) is 73.1 Å². The van der Waals surface area contributed by atoms with Crippen molar-refractivity contribution in [1.29, 1.82) is 0 Å². The number of hydrogen-bond acceptors (Lipinski definition) is 8. The van der Waals surface area contributed by atoms with E-state index in [1.807, 2.05) is 31.2 Å². The average molecular weight is 599 g/mol. The highest BCUT2D eigenvalue weighted by Crippen LogP contribution is 2.33. The molecule has 1 atom stereocenters. The summed E-state index contributed by atoms with van der Waals surface area (Å²) in [5, 5.41) is 13.7. The van der Waals surface area contributed by atoms with Gasteiger partial charge in [0.05, 0.1) is 11.0 Å². The molecule has 0 aliphatic rings. The van der Waals surface area contributed by atoms with Crippen LogP contribution in [0.15, 0.2) is 47.4 Å². The van der Waals surface area contributed by atoms with Gasteiger partial charge in [-0.2, -0.15) is 0 Å². The number of aryl methyl sites for hydroxylation is 1. The number of nitrogens with zero attached hydrogens (tertiary/aromatic N) is 3. The molecule has 42 heavy (non-hydrogen) atoms. The summed E-state index contributed by atoms with van der Waals surface area (Å²) in [5.74, 6) is 0.428. The van der Waals surface area contributed by atoms with E-state index in [0.29, 0.717) is 17.4 Å². The molecule has 9 nitrogen and oxygen atoms in total. The van der Waals surface area contributed by atoms with Crippen LogP contribution in [0, 0.1) is 5.92 Å². The Morgan fingerprint density at radius 2 is 1.83 bits per heavy atom. The van der Waals surface area contributed by atoms with Crippen LogP contribution in [-0.4, -0.2) is 52.9 Å². The van der Waals surface area contributed by atoms with Crippen molar-refractivity contribution in [3.05, 3.63) is 48.3 Å². The second-order valence-electron chi connectivity index (χ2n) is 11.0. The van der Waals surface area contributed by atoms with Crippen LogP contribution < -0.4 is 9.62 Å². The Kier molecular flexibility index (Phi) is 12.7. The molecule has 2 aromatic carbocycles. The number of esters is 1. The van der Waals surface area contributed by atoms with Gasteiger partial charge < -0.3 is 28.8 Å². The first-order valence-corrected chi connectivity index (χ1v) is 15.6. The highest BCUT2D eigenvalue weighted by Gasteiger charge is 2.25. The van der Waals surface area contributed by atoms with Crippen molar-refractivity contribution < 1.29 is 24.2 Å². The van der Waals surface area contributed by atoms with Gasteiger partial charge in [-0.25, -0.2) is 4.98 Å². The maximum atomic E-state index is 11.9. The Bertz CT molecular complexity index is 1300. The lowest BCUT2D eigenvalue weighted by atomic mass is 10.00. The topological polar surface area (TPSA) is 106 Å². The van der Waals surface area contributed by atoms with E-state index in [4.69, 9.17) is 14.5 Å². The molecule has 1 heterocycles. The zero-order valence-electron chi connectivity index (χ0n) is 25.8. The summed E-state index contributed by atoms with van der Waals surface area (Å²) in [4.78, 5) is 28.7. The number of ether oxygens (including phenoxy) is 2. The molecule has 3 rings (SSSR count). The number of rotatable bonds is 17. The van der Waals surface area contributed by atoms with Gasteiger partial charge in [0.25, 0.3) is 5.91 Å². The number of imidazole rings is 1. The summed E-state index contributed by atoms with van der Waals surface area (Å²) in [6.45, 7) is 14.1. The summed E-state index contributed by atoms with van der Waals surface area (Å²) in [6, 6.07) is 13.8. The third-order valence-electron chi connectivity index (χ3n) is 6.88. The molecule has 0 spiro atoms. The third-order valence-corrected chi connectivity index (χ3v) is 8.06. The van der Waals surface area contributed by atoms with Gasteiger partial charge >= 0.3 is 5.97 Å². The van der Waals surface area contributed by atoms with Crippen LogP contribution >= 0.6 is 11.9 Å². The van der Waals surface area contributed by atoms with Crippen molar-refractivity contribution in [2.75, 3.05) is 36.0 Å². The van der Waals surface area contributed by atoms with Gasteiger partial charge in [-0.15, -0.1) is 0 Å². The number of aromatic nitrogens is 2. The minimum absolute atomic E-state index is 0.309. The molecule has 0 radical (unpaired) electrons. The minimum atomic E-state index is -1.06. The number of carbonyl (C=O) groups is 2. The number of nitrogens with one attached hydrogen (secondary N) is 1. The molecule has 10 heteroatoms. The molecular formula is C32H46N4O5S. The van der Waals surface area contributed by atoms with Crippen molar-refractivity contribution in [1.82, 2.24) is 9.55 Å². The van der Waals surface area contributed by atoms with Gasteiger partial charge in [-0.3, -0.25) is 9.59 Å². The van der Waals surface area contributed by atoms with E-state index in [9.17, 15) is 14.7 Å². The Morgan fingerprint density at radius 3 is 2.48 bits per heavy atom. The standard InChI is InChI=1S/C32H46N4O5S/c1-7-36(42-27-16-13-25(14-17-27)33-30(38)22-41-24(4)37)26-15-18-29-28(21-26)34-31(32(5,6)39)35(29)19-9-11-23(3)12-10-20-40-8-2/h13-18,21,23,39H,7-12,19-20,22H2,1-6H3,(H,33,38). The van der Waals surface area contributed by atoms with Gasteiger partial charge in [0, 0.05) is 49.5 Å². The predicted octanol–water partition coefficient (Wildman–Crippen LogP) is 6.53. The zero-order valence-corrected chi connectivity index (χ0v) is 26.6. The normalized spacial score (nSPS) is 12.4. The van der Waals surface area contributed by atoms with Crippen molar-refractivity contribution in [3.8, 4) is 0 Å². The Morgan fingerprint density at radius 1 is 1.12 bits per heavy atom. The molecule has 0 saturated carbocycles. The van der Waals surface area contributed by atoms with Gasteiger partial charge in [0.2, 0.25) is 0 Å². The fraction of sp³-hybridized carbons (Fsp3) is 0.531. The average Bonchev–Trinajstić information content (AvgIpc) is 3.32. The van der Waals surface area contributed by atoms with Crippen LogP contribution in [0.4, 0.5) is 11.4 Å². The lowest BCUT2D eigenvalue weighted by Gasteiger charge is -2.22. The smallest absolute Gasteiger partial charge is 0.303 e. The molecular weight excluding hydrogens is 552 g/mol. The van der Waals surface area contributed by atoms with Gasteiger partial charge in [-0.05, 0) is 114 Å². The molecule has 1 amide bonds. The van der Waals surface area contributed by atoms with Crippen LogP contribution in [-0.2, 0) is 31.2 Å². The lowest BCUT2D eigenvalue weighted by Crippen LogP contribution is -2.22. The highest BCUT2D eigenvalue weighted by molar-refractivity contribution is 8.00. The molecule has 1 aromatic heterocycles. The van der Waals surface area contributed by atoms with Crippen LogP contribution in [0.2, 0.25) is 0 Å². The fourth-order valence-electron chi connectivity index (χ4n) is 4.78. The van der Waals surface area contributed by atoms with Gasteiger partial charge in [0.1, 0.15) is 11.4 Å². The van der Waals surface area contributed by atoms with E-state index >= 15 is 0 Å². The highest BCUT2D eigenvalue weighted by atomic mass is 32.2. The molecule has 0 aliphatic heterocycles. The monoisotopic (exact) mass is 598 g/mol. The van der Waals surface area contributed by atoms with E-state index < -0.39 is 11.6 Å². The summed E-state index contributed by atoms with van der Waals surface area (Å²) in [5.41, 5.74) is 2.47. The summed E-state index contributed by atoms with van der Waals surface area (Å²) in [7, 11) is 0. The maximum absolute atomic E-state index is 11.9. The van der Waals surface area contributed by atoms with Crippen LogP contribution in [0.3, 0.4) is 0 Å². The van der Waals surface area contributed by atoms with E-state index in [1.54, 1.807) is 25.8 Å². The minimum Gasteiger partial charge on any atom is -0.456 e. The first-order valence-electron chi connectivity index (χ1n) is 14.8. The number of anilines is 2. The van der Waals surface area contributed by atoms with E-state index in [1.165, 1.54) is 6.92 Å². The first kappa shape index (κ1) is 33.4. The van der Waals surface area contributed by atoms with E-state index in [-0.39, 0.29) is 12.5 Å². The summed E-state index contributed by atoms with van der Waals surface area (Å²) < 4.78 is 14.6. The largest absolute Gasteiger partial charge is 0.456 e. The molecule has 0 fully saturated rings. The van der Waals surface area contributed by atoms with Gasteiger partial charge in [0.15, 0.2) is 6.61 Å². The second kappa shape index (κ2) is 16.0. The summed E-state index contributed by atoms with van der Waals surface area (Å²) in [6.07, 6.45) is 4.38. The quantitative estimate of drug-likeness (QED) is 0.103. The van der Waals surface area contributed by atoms with E-state index in [2.05, 4.69) is 46.2 Å². The lowest BCUT2D eigenvalue weighted by molar-refractivity contribution is -0.144. The SMILES string of the molecule is CCOCCCC(C)CCCn1c(C(C)(C)O)nc2cc(N(CC)Sc3ccc(NC(=O)COC(C)=O)cc3)ccc21. The molecule has 230 valence electrons. The first-order chi connectivity index (χ1) is 20.0. The Hall–Kier alpha value is -3.08.